The fraction of sp³-hybridized carbons (Fsp3) is 0.231. The Labute approximate surface area is 227 Å². The van der Waals surface area contributed by atoms with E-state index in [2.05, 4.69) is 19.4 Å². The molecule has 39 heavy (non-hydrogen) atoms. The molecule has 0 radical (unpaired) electrons. The number of nitrogens with zero attached hydrogens (tertiary/aromatic N) is 1. The minimum Gasteiger partial charge on any atom is -0.493 e. The van der Waals surface area contributed by atoms with E-state index in [1.54, 1.807) is 24.3 Å². The van der Waals surface area contributed by atoms with E-state index >= 15 is 0 Å². The number of rotatable bonds is 9. The zero-order chi connectivity index (χ0) is 27.8. The zero-order valence-corrected chi connectivity index (χ0v) is 22.8. The van der Waals surface area contributed by atoms with Gasteiger partial charge in [-0.2, -0.15) is 0 Å². The van der Waals surface area contributed by atoms with Gasteiger partial charge in [-0.25, -0.2) is 18.1 Å². The fourth-order valence-electron chi connectivity index (χ4n) is 4.55. The molecule has 2 atom stereocenters. The lowest BCUT2D eigenvalue weighted by Crippen LogP contribution is -2.31. The molecule has 0 aliphatic carbocycles. The predicted molar refractivity (Wildman–Crippen MR) is 147 cm³/mol. The summed E-state index contributed by atoms with van der Waals surface area (Å²) in [5, 5.41) is -0.742. The molecule has 3 aromatic carbocycles. The van der Waals surface area contributed by atoms with Crippen molar-refractivity contribution in [2.45, 2.75) is 29.0 Å². The SMILES string of the molecule is COc1ccc(S(=O)(=O)N[C@@H](Cc2ccc(C3CC(=O)NS3(O)O)cc2)c2nc3ccccc3[nH]2)cc1OC. The van der Waals surface area contributed by atoms with E-state index < -0.39 is 38.0 Å². The molecule has 0 saturated carbocycles. The first kappa shape index (κ1) is 27.0. The standard InChI is InChI=1S/C26H28N4O7S2/c1-36-22-12-11-18(14-23(22)37-2)38(32,33)29-21(26-27-19-5-3-4-6-20(19)28-26)13-16-7-9-17(10-8-16)24-15-25(31)30-39(24,34)35/h3-12,14,21,24,29,34-35H,13,15H2,1-2H3,(H,27,28)(H,30,31)/t21-,24?/m0/s1. The number of H-pyrrole nitrogens is 1. The van der Waals surface area contributed by atoms with Gasteiger partial charge in [-0.1, -0.05) is 36.4 Å². The van der Waals surface area contributed by atoms with Gasteiger partial charge >= 0.3 is 0 Å². The number of ether oxygens (including phenoxy) is 2. The Morgan fingerprint density at radius 2 is 1.77 bits per heavy atom. The van der Waals surface area contributed by atoms with Crippen molar-refractivity contribution in [2.75, 3.05) is 14.2 Å². The highest BCUT2D eigenvalue weighted by Gasteiger charge is 2.38. The lowest BCUT2D eigenvalue weighted by molar-refractivity contribution is -0.118. The van der Waals surface area contributed by atoms with Crippen LogP contribution in [0.2, 0.25) is 0 Å². The summed E-state index contributed by atoms with van der Waals surface area (Å²) in [6.45, 7) is 0. The molecule has 1 unspecified atom stereocenters. The number of aromatic amines is 1. The number of hydrogen-bond donors (Lipinski definition) is 5. The molecule has 1 aromatic heterocycles. The average Bonchev–Trinajstić information content (AvgIpc) is 3.47. The number of para-hydroxylation sites is 2. The Bertz CT molecular complexity index is 1590. The van der Waals surface area contributed by atoms with Gasteiger partial charge in [-0.15, -0.1) is 10.8 Å². The zero-order valence-electron chi connectivity index (χ0n) is 21.1. The molecular weight excluding hydrogens is 544 g/mol. The van der Waals surface area contributed by atoms with Crippen molar-refractivity contribution in [2.24, 2.45) is 0 Å². The molecular formula is C26H28N4O7S2. The number of imidazole rings is 1. The molecule has 13 heteroatoms. The van der Waals surface area contributed by atoms with Crippen LogP contribution in [0.3, 0.4) is 0 Å². The minimum absolute atomic E-state index is 0.000200. The molecule has 206 valence electrons. The Morgan fingerprint density at radius 1 is 1.05 bits per heavy atom. The molecule has 0 spiro atoms. The van der Waals surface area contributed by atoms with Crippen LogP contribution in [0, 0.1) is 0 Å². The number of methoxy groups -OCH3 is 2. The van der Waals surface area contributed by atoms with Gasteiger partial charge in [0.05, 0.1) is 42.6 Å². The highest BCUT2D eigenvalue weighted by molar-refractivity contribution is 8.23. The van der Waals surface area contributed by atoms with Crippen LogP contribution in [0.4, 0.5) is 0 Å². The summed E-state index contributed by atoms with van der Waals surface area (Å²) in [4.78, 5) is 19.5. The quantitative estimate of drug-likeness (QED) is 0.200. The Kier molecular flexibility index (Phi) is 7.27. The second kappa shape index (κ2) is 10.5. The number of aromatic nitrogens is 2. The first-order chi connectivity index (χ1) is 18.6. The molecule has 5 N–H and O–H groups in total. The number of carbonyl (C=O) groups excluding carboxylic acids is 1. The largest absolute Gasteiger partial charge is 0.493 e. The summed E-state index contributed by atoms with van der Waals surface area (Å²) in [7, 11) is -4.39. The van der Waals surface area contributed by atoms with Crippen molar-refractivity contribution in [3.05, 3.63) is 83.7 Å². The maximum atomic E-state index is 13.5. The van der Waals surface area contributed by atoms with Crippen molar-refractivity contribution in [3.63, 3.8) is 0 Å². The van der Waals surface area contributed by atoms with Crippen molar-refractivity contribution < 1.29 is 31.8 Å². The molecule has 0 bridgehead atoms. The van der Waals surface area contributed by atoms with Gasteiger partial charge in [0.1, 0.15) is 11.1 Å². The van der Waals surface area contributed by atoms with Gasteiger partial charge in [0, 0.05) is 6.07 Å². The average molecular weight is 573 g/mol. The van der Waals surface area contributed by atoms with Crippen LogP contribution in [0.5, 0.6) is 11.5 Å². The van der Waals surface area contributed by atoms with Crippen molar-refractivity contribution in [1.82, 2.24) is 19.4 Å². The smallest absolute Gasteiger partial charge is 0.241 e. The second-order valence-corrected chi connectivity index (χ2v) is 12.8. The summed E-state index contributed by atoms with van der Waals surface area (Å²) < 4.78 is 62.9. The third-order valence-electron chi connectivity index (χ3n) is 6.52. The van der Waals surface area contributed by atoms with Crippen LogP contribution in [-0.2, 0) is 21.2 Å². The van der Waals surface area contributed by atoms with E-state index in [1.165, 1.54) is 32.4 Å². The van der Waals surface area contributed by atoms with Crippen LogP contribution in [0.15, 0.2) is 71.6 Å². The number of amides is 1. The number of hydrogen-bond acceptors (Lipinski definition) is 8. The number of carbonyl (C=O) groups is 1. The summed E-state index contributed by atoms with van der Waals surface area (Å²) in [5.74, 6) is 0.700. The third kappa shape index (κ3) is 5.58. The van der Waals surface area contributed by atoms with E-state index in [-0.39, 0.29) is 23.5 Å². The number of sulfonamides is 1. The number of benzene rings is 3. The van der Waals surface area contributed by atoms with Crippen molar-refractivity contribution in [3.8, 4) is 11.5 Å². The fourth-order valence-corrected chi connectivity index (χ4v) is 7.24. The molecule has 1 aliphatic heterocycles. The summed E-state index contributed by atoms with van der Waals surface area (Å²) in [6.07, 6.45) is 0.221. The maximum Gasteiger partial charge on any atom is 0.241 e. The van der Waals surface area contributed by atoms with Gasteiger partial charge in [-0.3, -0.25) is 18.6 Å². The van der Waals surface area contributed by atoms with Gasteiger partial charge in [0.2, 0.25) is 15.9 Å². The molecule has 1 amide bonds. The number of fused-ring (bicyclic) bond motifs is 1. The normalized spacial score (nSPS) is 18.5. The van der Waals surface area contributed by atoms with Gasteiger partial charge in [0.25, 0.3) is 0 Å². The van der Waals surface area contributed by atoms with Gasteiger partial charge < -0.3 is 14.5 Å². The van der Waals surface area contributed by atoms with Crippen LogP contribution >= 0.6 is 10.8 Å². The highest BCUT2D eigenvalue weighted by atomic mass is 32.3. The lowest BCUT2D eigenvalue weighted by Gasteiger charge is -2.32. The van der Waals surface area contributed by atoms with Crippen molar-refractivity contribution >= 4 is 37.7 Å². The molecule has 1 saturated heterocycles. The summed E-state index contributed by atoms with van der Waals surface area (Å²) in [6, 6.07) is 18.0. The Balaban J connectivity index is 1.46. The van der Waals surface area contributed by atoms with Crippen LogP contribution in [-0.4, -0.2) is 47.6 Å². The predicted octanol–water partition coefficient (Wildman–Crippen LogP) is 4.07. The van der Waals surface area contributed by atoms with E-state index in [0.29, 0.717) is 22.7 Å². The maximum absolute atomic E-state index is 13.5. The van der Waals surface area contributed by atoms with Crippen LogP contribution in [0.25, 0.3) is 11.0 Å². The molecule has 5 rings (SSSR count). The third-order valence-corrected chi connectivity index (χ3v) is 9.75. The molecule has 4 aromatic rings. The Hall–Kier alpha value is -3.62. The molecule has 11 nitrogen and oxygen atoms in total. The summed E-state index contributed by atoms with van der Waals surface area (Å²) >= 11 is 0. The molecule has 2 heterocycles. The van der Waals surface area contributed by atoms with E-state index in [4.69, 9.17) is 9.47 Å². The van der Waals surface area contributed by atoms with E-state index in [1.807, 2.05) is 24.3 Å². The van der Waals surface area contributed by atoms with Crippen molar-refractivity contribution in [1.29, 1.82) is 0 Å². The first-order valence-electron chi connectivity index (χ1n) is 11.9. The monoisotopic (exact) mass is 572 g/mol. The van der Waals surface area contributed by atoms with Crippen LogP contribution < -0.4 is 18.9 Å². The first-order valence-corrected chi connectivity index (χ1v) is 15.0. The molecule has 1 aliphatic rings. The van der Waals surface area contributed by atoms with E-state index in [0.717, 1.165) is 11.1 Å². The Morgan fingerprint density at radius 3 is 2.41 bits per heavy atom. The van der Waals surface area contributed by atoms with E-state index in [9.17, 15) is 22.3 Å². The highest BCUT2D eigenvalue weighted by Crippen LogP contribution is 2.56. The minimum atomic E-state index is -4.02. The molecule has 1 fully saturated rings. The lowest BCUT2D eigenvalue weighted by atomic mass is 10.0. The van der Waals surface area contributed by atoms with Gasteiger partial charge in [0.15, 0.2) is 11.5 Å². The van der Waals surface area contributed by atoms with Gasteiger partial charge in [-0.05, 0) is 41.8 Å². The topological polar surface area (TPSA) is 163 Å². The van der Waals surface area contributed by atoms with Crippen LogP contribution in [0.1, 0.15) is 34.7 Å². The number of nitrogens with one attached hydrogen (secondary N) is 3. The summed E-state index contributed by atoms with van der Waals surface area (Å²) in [5.41, 5.74) is 2.83. The second-order valence-electron chi connectivity index (χ2n) is 9.09.